The predicted octanol–water partition coefficient (Wildman–Crippen LogP) is 3.33. The Hall–Kier alpha value is -0.200. The fourth-order valence-electron chi connectivity index (χ4n) is 2.47. The Labute approximate surface area is 104 Å². The third kappa shape index (κ3) is 3.99. The van der Waals surface area contributed by atoms with E-state index in [2.05, 4.69) is 43.9 Å². The Morgan fingerprint density at radius 2 is 2.31 bits per heavy atom. The normalized spacial score (nSPS) is 30.3. The molecule has 0 bridgehead atoms. The van der Waals surface area contributed by atoms with E-state index in [0.29, 0.717) is 11.3 Å². The number of rotatable bonds is 5. The van der Waals surface area contributed by atoms with Gasteiger partial charge in [0.05, 0.1) is 6.07 Å². The van der Waals surface area contributed by atoms with E-state index in [1.54, 1.807) is 0 Å². The minimum Gasteiger partial charge on any atom is -0.297 e. The zero-order valence-corrected chi connectivity index (χ0v) is 11.6. The monoisotopic (exact) mass is 240 g/mol. The third-order valence-electron chi connectivity index (χ3n) is 3.04. The summed E-state index contributed by atoms with van der Waals surface area (Å²) < 4.78 is 0. The SMILES string of the molecule is CCCSC1CCCC(C#N)(NC(C)C)C1. The first-order valence-electron chi connectivity index (χ1n) is 6.42. The number of nitriles is 1. The first-order valence-corrected chi connectivity index (χ1v) is 7.47. The Morgan fingerprint density at radius 3 is 2.88 bits per heavy atom. The van der Waals surface area contributed by atoms with Gasteiger partial charge >= 0.3 is 0 Å². The zero-order valence-electron chi connectivity index (χ0n) is 10.8. The molecular formula is C13H24N2S. The van der Waals surface area contributed by atoms with Gasteiger partial charge in [0.2, 0.25) is 0 Å². The second kappa shape index (κ2) is 6.51. The molecule has 1 aliphatic carbocycles. The molecule has 1 saturated carbocycles. The summed E-state index contributed by atoms with van der Waals surface area (Å²) in [5.41, 5.74) is -0.252. The van der Waals surface area contributed by atoms with E-state index >= 15 is 0 Å². The predicted molar refractivity (Wildman–Crippen MR) is 71.6 cm³/mol. The molecule has 16 heavy (non-hydrogen) atoms. The van der Waals surface area contributed by atoms with Crippen molar-refractivity contribution in [2.75, 3.05) is 5.75 Å². The third-order valence-corrected chi connectivity index (χ3v) is 4.56. The van der Waals surface area contributed by atoms with Gasteiger partial charge in [-0.15, -0.1) is 0 Å². The highest BCUT2D eigenvalue weighted by Gasteiger charge is 2.36. The molecule has 0 aromatic heterocycles. The molecule has 1 aliphatic rings. The van der Waals surface area contributed by atoms with Crippen molar-refractivity contribution in [3.8, 4) is 6.07 Å². The smallest absolute Gasteiger partial charge is 0.108 e. The molecule has 2 unspecified atom stereocenters. The van der Waals surface area contributed by atoms with E-state index in [1.807, 2.05) is 0 Å². The lowest BCUT2D eigenvalue weighted by Gasteiger charge is -2.37. The average Bonchev–Trinajstić information content (AvgIpc) is 2.26. The Morgan fingerprint density at radius 1 is 1.56 bits per heavy atom. The van der Waals surface area contributed by atoms with E-state index in [1.165, 1.54) is 25.0 Å². The average molecular weight is 240 g/mol. The maximum atomic E-state index is 9.41. The van der Waals surface area contributed by atoms with Gasteiger partial charge in [0.1, 0.15) is 5.54 Å². The molecular weight excluding hydrogens is 216 g/mol. The van der Waals surface area contributed by atoms with Crippen LogP contribution in [0, 0.1) is 11.3 Å². The quantitative estimate of drug-likeness (QED) is 0.800. The largest absolute Gasteiger partial charge is 0.297 e. The maximum absolute atomic E-state index is 9.41. The molecule has 1 N–H and O–H groups in total. The van der Waals surface area contributed by atoms with Crippen LogP contribution in [0.3, 0.4) is 0 Å². The van der Waals surface area contributed by atoms with E-state index < -0.39 is 0 Å². The van der Waals surface area contributed by atoms with Gasteiger partial charge in [0.25, 0.3) is 0 Å². The van der Waals surface area contributed by atoms with Crippen LogP contribution in [0.2, 0.25) is 0 Å². The molecule has 3 heteroatoms. The molecule has 1 fully saturated rings. The Bertz CT molecular complexity index is 247. The number of hydrogen-bond donors (Lipinski definition) is 1. The van der Waals surface area contributed by atoms with Gasteiger partial charge in [-0.1, -0.05) is 6.92 Å². The fraction of sp³-hybridized carbons (Fsp3) is 0.923. The minimum atomic E-state index is -0.252. The molecule has 0 radical (unpaired) electrons. The van der Waals surface area contributed by atoms with Crippen molar-refractivity contribution in [3.63, 3.8) is 0 Å². The van der Waals surface area contributed by atoms with Crippen LogP contribution in [0.5, 0.6) is 0 Å². The Kier molecular flexibility index (Phi) is 5.64. The highest BCUT2D eigenvalue weighted by Crippen LogP contribution is 2.35. The Balaban J connectivity index is 2.55. The van der Waals surface area contributed by atoms with Crippen LogP contribution in [-0.4, -0.2) is 22.6 Å². The lowest BCUT2D eigenvalue weighted by atomic mass is 9.82. The van der Waals surface area contributed by atoms with Gasteiger partial charge in [-0.25, -0.2) is 0 Å². The van der Waals surface area contributed by atoms with Crippen LogP contribution in [0.15, 0.2) is 0 Å². The fourth-order valence-corrected chi connectivity index (χ4v) is 3.77. The lowest BCUT2D eigenvalue weighted by molar-refractivity contribution is 0.284. The highest BCUT2D eigenvalue weighted by atomic mass is 32.2. The first kappa shape index (κ1) is 13.9. The summed E-state index contributed by atoms with van der Waals surface area (Å²) in [6.45, 7) is 6.48. The van der Waals surface area contributed by atoms with E-state index in [-0.39, 0.29) is 5.54 Å². The molecule has 0 heterocycles. The second-order valence-corrected chi connectivity index (χ2v) is 6.49. The second-order valence-electron chi connectivity index (χ2n) is 5.08. The summed E-state index contributed by atoms with van der Waals surface area (Å²) in [6.07, 6.45) is 5.75. The summed E-state index contributed by atoms with van der Waals surface area (Å²) >= 11 is 2.05. The van der Waals surface area contributed by atoms with Crippen molar-refractivity contribution in [3.05, 3.63) is 0 Å². The van der Waals surface area contributed by atoms with Gasteiger partial charge in [0.15, 0.2) is 0 Å². The number of thioether (sulfide) groups is 1. The molecule has 92 valence electrons. The summed E-state index contributed by atoms with van der Waals surface area (Å²) in [5, 5.41) is 13.6. The van der Waals surface area contributed by atoms with Gasteiger partial charge in [-0.3, -0.25) is 5.32 Å². The molecule has 0 spiro atoms. The highest BCUT2D eigenvalue weighted by molar-refractivity contribution is 7.99. The van der Waals surface area contributed by atoms with Gasteiger partial charge in [-0.2, -0.15) is 17.0 Å². The molecule has 1 rings (SSSR count). The van der Waals surface area contributed by atoms with Gasteiger partial charge in [0, 0.05) is 11.3 Å². The van der Waals surface area contributed by atoms with E-state index in [4.69, 9.17) is 0 Å². The van der Waals surface area contributed by atoms with E-state index in [0.717, 1.165) is 12.8 Å². The topological polar surface area (TPSA) is 35.8 Å². The molecule has 2 atom stereocenters. The molecule has 0 aromatic carbocycles. The van der Waals surface area contributed by atoms with Crippen LogP contribution >= 0.6 is 11.8 Å². The zero-order chi connectivity index (χ0) is 12.0. The van der Waals surface area contributed by atoms with E-state index in [9.17, 15) is 5.26 Å². The minimum absolute atomic E-state index is 0.252. The first-order chi connectivity index (χ1) is 7.62. The van der Waals surface area contributed by atoms with Gasteiger partial charge < -0.3 is 0 Å². The number of hydrogen-bond acceptors (Lipinski definition) is 3. The summed E-state index contributed by atoms with van der Waals surface area (Å²) in [7, 11) is 0. The van der Waals surface area contributed by atoms with Crippen LogP contribution in [0.25, 0.3) is 0 Å². The van der Waals surface area contributed by atoms with Crippen molar-refractivity contribution in [1.82, 2.24) is 5.32 Å². The lowest BCUT2D eigenvalue weighted by Crippen LogP contribution is -2.51. The van der Waals surface area contributed by atoms with Crippen LogP contribution < -0.4 is 5.32 Å². The summed E-state index contributed by atoms with van der Waals surface area (Å²) in [5.74, 6) is 1.23. The van der Waals surface area contributed by atoms with Crippen molar-refractivity contribution in [2.45, 2.75) is 69.7 Å². The number of nitrogens with zero attached hydrogens (tertiary/aromatic N) is 1. The molecule has 0 aromatic rings. The van der Waals surface area contributed by atoms with Gasteiger partial charge in [-0.05, 0) is 51.7 Å². The van der Waals surface area contributed by atoms with Crippen molar-refractivity contribution >= 4 is 11.8 Å². The standard InChI is InChI=1S/C13H24N2S/c1-4-8-16-12-6-5-7-13(9-12,10-14)15-11(2)3/h11-12,15H,4-9H2,1-3H3. The molecule has 0 aliphatic heterocycles. The number of nitrogens with one attached hydrogen (secondary N) is 1. The summed E-state index contributed by atoms with van der Waals surface area (Å²) in [6, 6.07) is 2.93. The van der Waals surface area contributed by atoms with Crippen LogP contribution in [-0.2, 0) is 0 Å². The van der Waals surface area contributed by atoms with Crippen LogP contribution in [0.1, 0.15) is 52.9 Å². The van der Waals surface area contributed by atoms with Crippen molar-refractivity contribution in [1.29, 1.82) is 5.26 Å². The maximum Gasteiger partial charge on any atom is 0.108 e. The van der Waals surface area contributed by atoms with Crippen molar-refractivity contribution in [2.24, 2.45) is 0 Å². The molecule has 0 amide bonds. The van der Waals surface area contributed by atoms with Crippen molar-refractivity contribution < 1.29 is 0 Å². The summed E-state index contributed by atoms with van der Waals surface area (Å²) in [4.78, 5) is 0. The molecule has 2 nitrogen and oxygen atoms in total. The van der Waals surface area contributed by atoms with Crippen LogP contribution in [0.4, 0.5) is 0 Å². The molecule has 0 saturated heterocycles.